The van der Waals surface area contributed by atoms with Gasteiger partial charge < -0.3 is 5.32 Å². The highest BCUT2D eigenvalue weighted by Gasteiger charge is 2.20. The van der Waals surface area contributed by atoms with Crippen LogP contribution in [0.3, 0.4) is 0 Å². The minimum atomic E-state index is -0.177. The molecular formula is C14H19ClFNS. The molecule has 100 valence electrons. The van der Waals surface area contributed by atoms with Crippen molar-refractivity contribution in [2.75, 3.05) is 6.26 Å². The average molecular weight is 288 g/mol. The molecule has 1 aromatic carbocycles. The lowest BCUT2D eigenvalue weighted by Crippen LogP contribution is -2.34. The first-order valence-corrected chi connectivity index (χ1v) is 8.05. The molecule has 1 fully saturated rings. The van der Waals surface area contributed by atoms with Crippen LogP contribution in [0.4, 0.5) is 4.39 Å². The molecular weight excluding hydrogens is 269 g/mol. The number of benzene rings is 1. The van der Waals surface area contributed by atoms with E-state index in [0.29, 0.717) is 23.2 Å². The van der Waals surface area contributed by atoms with Crippen molar-refractivity contribution in [1.82, 2.24) is 5.32 Å². The first kappa shape index (κ1) is 14.2. The van der Waals surface area contributed by atoms with E-state index in [-0.39, 0.29) is 5.82 Å². The van der Waals surface area contributed by atoms with Gasteiger partial charge in [0, 0.05) is 28.4 Å². The Bertz CT molecular complexity index is 399. The second-order valence-electron chi connectivity index (χ2n) is 4.84. The van der Waals surface area contributed by atoms with Gasteiger partial charge in [0.05, 0.1) is 0 Å². The fraction of sp³-hybridized carbons (Fsp3) is 0.571. The van der Waals surface area contributed by atoms with Crippen molar-refractivity contribution >= 4 is 23.4 Å². The van der Waals surface area contributed by atoms with Crippen LogP contribution in [0.1, 0.15) is 31.2 Å². The van der Waals surface area contributed by atoms with Gasteiger partial charge in [-0.2, -0.15) is 11.8 Å². The van der Waals surface area contributed by atoms with E-state index >= 15 is 0 Å². The number of hydrogen-bond donors (Lipinski definition) is 1. The minimum absolute atomic E-state index is 0.177. The molecule has 2 atom stereocenters. The Morgan fingerprint density at radius 1 is 1.44 bits per heavy atom. The molecule has 1 aliphatic rings. The summed E-state index contributed by atoms with van der Waals surface area (Å²) in [5.41, 5.74) is 0.661. The van der Waals surface area contributed by atoms with Gasteiger partial charge in [-0.05, 0) is 43.7 Å². The largest absolute Gasteiger partial charge is 0.310 e. The molecule has 0 aliphatic heterocycles. The summed E-state index contributed by atoms with van der Waals surface area (Å²) in [7, 11) is 0. The van der Waals surface area contributed by atoms with Crippen molar-refractivity contribution in [3.8, 4) is 0 Å². The third-order valence-electron chi connectivity index (χ3n) is 3.55. The molecule has 0 amide bonds. The first-order valence-electron chi connectivity index (χ1n) is 6.39. The van der Waals surface area contributed by atoms with Gasteiger partial charge in [0.15, 0.2) is 0 Å². The Kier molecular flexibility index (Phi) is 5.34. The quantitative estimate of drug-likeness (QED) is 0.889. The maximum atomic E-state index is 13.6. The number of thioether (sulfide) groups is 1. The van der Waals surface area contributed by atoms with Gasteiger partial charge >= 0.3 is 0 Å². The highest BCUT2D eigenvalue weighted by molar-refractivity contribution is 7.99. The maximum Gasteiger partial charge on any atom is 0.127 e. The maximum absolute atomic E-state index is 13.6. The lowest BCUT2D eigenvalue weighted by atomic mass is 9.95. The predicted octanol–water partition coefficient (Wildman–Crippen LogP) is 4.24. The molecule has 1 aliphatic carbocycles. The molecule has 0 aromatic heterocycles. The van der Waals surface area contributed by atoms with Crippen LogP contribution in [0.2, 0.25) is 5.02 Å². The van der Waals surface area contributed by atoms with Crippen LogP contribution < -0.4 is 5.32 Å². The zero-order valence-electron chi connectivity index (χ0n) is 10.6. The molecule has 0 radical (unpaired) electrons. The van der Waals surface area contributed by atoms with E-state index in [4.69, 9.17) is 11.6 Å². The topological polar surface area (TPSA) is 12.0 Å². The SMILES string of the molecule is CSC1CCCC(NCc2cc(Cl)ccc2F)C1. The summed E-state index contributed by atoms with van der Waals surface area (Å²) in [6.07, 6.45) is 7.12. The van der Waals surface area contributed by atoms with Gasteiger partial charge in [-0.25, -0.2) is 4.39 Å². The summed E-state index contributed by atoms with van der Waals surface area (Å²) in [6.45, 7) is 0.568. The Morgan fingerprint density at radius 3 is 3.06 bits per heavy atom. The van der Waals surface area contributed by atoms with E-state index in [1.54, 1.807) is 12.1 Å². The third kappa shape index (κ3) is 3.87. The smallest absolute Gasteiger partial charge is 0.127 e. The molecule has 1 nitrogen and oxygen atoms in total. The summed E-state index contributed by atoms with van der Waals surface area (Å²) in [4.78, 5) is 0. The van der Waals surface area contributed by atoms with Crippen LogP contribution in [0.15, 0.2) is 18.2 Å². The van der Waals surface area contributed by atoms with Crippen LogP contribution in [0.5, 0.6) is 0 Å². The second kappa shape index (κ2) is 6.78. The highest BCUT2D eigenvalue weighted by Crippen LogP contribution is 2.27. The third-order valence-corrected chi connectivity index (χ3v) is 4.88. The lowest BCUT2D eigenvalue weighted by molar-refractivity contribution is 0.377. The number of hydrogen-bond acceptors (Lipinski definition) is 2. The molecule has 0 spiro atoms. The molecule has 1 N–H and O–H groups in total. The fourth-order valence-corrected chi connectivity index (χ4v) is 3.50. The highest BCUT2D eigenvalue weighted by atomic mass is 35.5. The summed E-state index contributed by atoms with van der Waals surface area (Å²) >= 11 is 7.83. The Morgan fingerprint density at radius 2 is 2.28 bits per heavy atom. The van der Waals surface area contributed by atoms with Crippen molar-refractivity contribution in [2.45, 2.75) is 43.5 Å². The van der Waals surface area contributed by atoms with Gasteiger partial charge in [0.1, 0.15) is 5.82 Å². The summed E-state index contributed by atoms with van der Waals surface area (Å²) in [6, 6.07) is 5.24. The van der Waals surface area contributed by atoms with Crippen LogP contribution >= 0.6 is 23.4 Å². The van der Waals surface area contributed by atoms with Gasteiger partial charge in [-0.3, -0.25) is 0 Å². The monoisotopic (exact) mass is 287 g/mol. The summed E-state index contributed by atoms with van der Waals surface area (Å²) < 4.78 is 13.6. The molecule has 1 saturated carbocycles. The van der Waals surface area contributed by atoms with Gasteiger partial charge in [0.2, 0.25) is 0 Å². The van der Waals surface area contributed by atoms with Crippen LogP contribution in [0, 0.1) is 5.82 Å². The molecule has 0 saturated heterocycles. The molecule has 0 heterocycles. The Balaban J connectivity index is 1.89. The van der Waals surface area contributed by atoms with E-state index in [1.807, 2.05) is 11.8 Å². The lowest BCUT2D eigenvalue weighted by Gasteiger charge is -2.28. The molecule has 18 heavy (non-hydrogen) atoms. The zero-order chi connectivity index (χ0) is 13.0. The van der Waals surface area contributed by atoms with Crippen LogP contribution in [0.25, 0.3) is 0 Å². The van der Waals surface area contributed by atoms with Gasteiger partial charge in [-0.15, -0.1) is 0 Å². The van der Waals surface area contributed by atoms with E-state index in [0.717, 1.165) is 5.25 Å². The Hall–Kier alpha value is -0.250. The fourth-order valence-electron chi connectivity index (χ4n) is 2.48. The second-order valence-corrected chi connectivity index (χ2v) is 6.41. The molecule has 1 aromatic rings. The van der Waals surface area contributed by atoms with Crippen LogP contribution in [-0.2, 0) is 6.54 Å². The minimum Gasteiger partial charge on any atom is -0.310 e. The van der Waals surface area contributed by atoms with E-state index in [1.165, 1.54) is 31.7 Å². The van der Waals surface area contributed by atoms with E-state index in [9.17, 15) is 4.39 Å². The van der Waals surface area contributed by atoms with Gasteiger partial charge in [0.25, 0.3) is 0 Å². The van der Waals surface area contributed by atoms with Crippen LogP contribution in [-0.4, -0.2) is 17.5 Å². The van der Waals surface area contributed by atoms with Crippen molar-refractivity contribution in [2.24, 2.45) is 0 Å². The predicted molar refractivity (Wildman–Crippen MR) is 77.8 cm³/mol. The zero-order valence-corrected chi connectivity index (χ0v) is 12.2. The van der Waals surface area contributed by atoms with E-state index < -0.39 is 0 Å². The van der Waals surface area contributed by atoms with E-state index in [2.05, 4.69) is 11.6 Å². The molecule has 2 rings (SSSR count). The summed E-state index contributed by atoms with van der Waals surface area (Å²) in [5, 5.41) is 4.80. The number of rotatable bonds is 4. The van der Waals surface area contributed by atoms with Crippen molar-refractivity contribution in [3.63, 3.8) is 0 Å². The van der Waals surface area contributed by atoms with Crippen molar-refractivity contribution in [3.05, 3.63) is 34.6 Å². The number of nitrogens with one attached hydrogen (secondary N) is 1. The average Bonchev–Trinajstić information content (AvgIpc) is 2.40. The molecule has 2 unspecified atom stereocenters. The normalized spacial score (nSPS) is 24.2. The molecule has 0 bridgehead atoms. The van der Waals surface area contributed by atoms with Gasteiger partial charge in [-0.1, -0.05) is 18.0 Å². The molecule has 4 heteroatoms. The van der Waals surface area contributed by atoms with Crippen molar-refractivity contribution < 1.29 is 4.39 Å². The standard InChI is InChI=1S/C14H19ClFNS/c1-18-13-4-2-3-12(8-13)17-9-10-7-11(15)5-6-14(10)16/h5-7,12-13,17H,2-4,8-9H2,1H3. The number of halogens is 2. The van der Waals surface area contributed by atoms with Crippen molar-refractivity contribution in [1.29, 1.82) is 0 Å². The Labute approximate surface area is 117 Å². The first-order chi connectivity index (χ1) is 8.69. The summed E-state index contributed by atoms with van der Waals surface area (Å²) in [5.74, 6) is -0.177.